The average Bonchev–Trinajstić information content (AvgIpc) is 3.54. The highest BCUT2D eigenvalue weighted by atomic mass is 32.2. The van der Waals surface area contributed by atoms with E-state index in [-0.39, 0.29) is 12.2 Å². The number of aromatic hydroxyl groups is 1. The van der Waals surface area contributed by atoms with Crippen LogP contribution in [0.25, 0.3) is 21.5 Å². The van der Waals surface area contributed by atoms with Gasteiger partial charge in [0.25, 0.3) is 0 Å². The molecule has 1 aliphatic rings. The van der Waals surface area contributed by atoms with Crippen LogP contribution in [0.1, 0.15) is 13.3 Å². The summed E-state index contributed by atoms with van der Waals surface area (Å²) in [4.78, 5) is 1.11. The van der Waals surface area contributed by atoms with E-state index in [0.29, 0.717) is 19.0 Å². The predicted molar refractivity (Wildman–Crippen MR) is 110 cm³/mol. The first-order chi connectivity index (χ1) is 13.2. The monoisotopic (exact) mass is 384 g/mol. The van der Waals surface area contributed by atoms with E-state index < -0.39 is 0 Å². The summed E-state index contributed by atoms with van der Waals surface area (Å²) < 4.78 is 17.4. The summed E-state index contributed by atoms with van der Waals surface area (Å²) in [5.41, 5.74) is 0. The van der Waals surface area contributed by atoms with Crippen LogP contribution in [0, 0.1) is 0 Å². The van der Waals surface area contributed by atoms with Crippen molar-refractivity contribution in [3.63, 3.8) is 0 Å². The van der Waals surface area contributed by atoms with Gasteiger partial charge in [-0.05, 0) is 30.9 Å². The second-order valence-electron chi connectivity index (χ2n) is 6.76. The number of hydrogen-bond donors (Lipinski definition) is 1. The number of ether oxygens (including phenoxy) is 3. The Kier molecular flexibility index (Phi) is 5.43. The highest BCUT2D eigenvalue weighted by molar-refractivity contribution is 7.98. The summed E-state index contributed by atoms with van der Waals surface area (Å²) in [7, 11) is 0. The Bertz CT molecular complexity index is 952. The zero-order valence-electron chi connectivity index (χ0n) is 15.6. The maximum absolute atomic E-state index is 10.8. The van der Waals surface area contributed by atoms with E-state index in [1.807, 2.05) is 42.7 Å². The first kappa shape index (κ1) is 18.4. The molecule has 2 atom stereocenters. The molecule has 0 spiro atoms. The normalized spacial score (nSPS) is 17.3. The van der Waals surface area contributed by atoms with Gasteiger partial charge >= 0.3 is 0 Å². The molecule has 1 fully saturated rings. The van der Waals surface area contributed by atoms with Crippen LogP contribution in [-0.4, -0.2) is 43.4 Å². The van der Waals surface area contributed by atoms with Crippen molar-refractivity contribution in [2.45, 2.75) is 30.4 Å². The third kappa shape index (κ3) is 3.86. The Balaban J connectivity index is 1.71. The van der Waals surface area contributed by atoms with Gasteiger partial charge in [0.05, 0.1) is 19.3 Å². The van der Waals surface area contributed by atoms with Crippen molar-refractivity contribution in [1.29, 1.82) is 0 Å². The molecule has 1 heterocycles. The minimum Gasteiger partial charge on any atom is -0.507 e. The van der Waals surface area contributed by atoms with Crippen LogP contribution < -0.4 is 4.74 Å². The van der Waals surface area contributed by atoms with Gasteiger partial charge in [-0.1, -0.05) is 31.2 Å². The lowest BCUT2D eigenvalue weighted by Gasteiger charge is -2.19. The number of fused-ring (bicyclic) bond motifs is 2. The fourth-order valence-corrected chi connectivity index (χ4v) is 3.69. The molecule has 0 saturated carbocycles. The van der Waals surface area contributed by atoms with Gasteiger partial charge in [-0.3, -0.25) is 0 Å². The maximum atomic E-state index is 10.8. The number of hydrogen-bond acceptors (Lipinski definition) is 5. The number of epoxide rings is 1. The summed E-state index contributed by atoms with van der Waals surface area (Å²) in [6.45, 7) is 3.98. The van der Waals surface area contributed by atoms with Crippen LogP contribution in [0.4, 0.5) is 0 Å². The van der Waals surface area contributed by atoms with Gasteiger partial charge in [-0.15, -0.1) is 11.8 Å². The van der Waals surface area contributed by atoms with Crippen LogP contribution in [0.2, 0.25) is 0 Å². The van der Waals surface area contributed by atoms with Gasteiger partial charge in [-0.25, -0.2) is 0 Å². The quantitative estimate of drug-likeness (QED) is 0.337. The van der Waals surface area contributed by atoms with E-state index in [4.69, 9.17) is 14.2 Å². The summed E-state index contributed by atoms with van der Waals surface area (Å²) in [6.07, 6.45) is 3.17. The third-order valence-corrected chi connectivity index (χ3v) is 5.67. The number of phenolic OH excluding ortho intramolecular Hbond substituents is 1. The van der Waals surface area contributed by atoms with Gasteiger partial charge in [0.2, 0.25) is 0 Å². The number of benzene rings is 3. The number of phenols is 1. The molecule has 2 unspecified atom stereocenters. The summed E-state index contributed by atoms with van der Waals surface area (Å²) in [6, 6.07) is 13.9. The van der Waals surface area contributed by atoms with Gasteiger partial charge in [-0.2, -0.15) is 0 Å². The molecule has 0 aromatic heterocycles. The molecule has 0 radical (unpaired) electrons. The van der Waals surface area contributed by atoms with Gasteiger partial charge in [0, 0.05) is 26.4 Å². The summed E-state index contributed by atoms with van der Waals surface area (Å²) in [5.74, 6) is 1.11. The molecule has 3 aromatic rings. The lowest BCUT2D eigenvalue weighted by atomic mass is 10.0. The molecule has 3 aromatic carbocycles. The molecule has 5 heteroatoms. The van der Waals surface area contributed by atoms with Crippen LogP contribution >= 0.6 is 11.8 Å². The fraction of sp³-hybridized carbons (Fsp3) is 0.364. The standard InChI is InChI=1S/C22H24O4S/c1-3-14(24-12-15-13-25-15)11-26-22-18-7-5-4-6-17(18)21(23)20-10-16(27-2)8-9-19(20)22/h4-10,14-15,23H,3,11-13H2,1-2H3. The first-order valence-electron chi connectivity index (χ1n) is 9.28. The van der Waals surface area contributed by atoms with Crippen LogP contribution in [0.3, 0.4) is 0 Å². The van der Waals surface area contributed by atoms with Gasteiger partial charge in [0.1, 0.15) is 24.2 Å². The Morgan fingerprint density at radius 1 is 1.15 bits per heavy atom. The minimum absolute atomic E-state index is 0.0160. The molecule has 142 valence electrons. The van der Waals surface area contributed by atoms with Crippen molar-refractivity contribution in [2.75, 3.05) is 26.1 Å². The largest absolute Gasteiger partial charge is 0.507 e. The van der Waals surface area contributed by atoms with E-state index in [1.54, 1.807) is 11.8 Å². The van der Waals surface area contributed by atoms with Crippen molar-refractivity contribution < 1.29 is 19.3 Å². The fourth-order valence-electron chi connectivity index (χ4n) is 3.25. The third-order valence-electron chi connectivity index (χ3n) is 4.94. The first-order valence-corrected chi connectivity index (χ1v) is 10.5. The molecule has 0 amide bonds. The Morgan fingerprint density at radius 3 is 2.59 bits per heavy atom. The zero-order valence-corrected chi connectivity index (χ0v) is 16.4. The van der Waals surface area contributed by atoms with Crippen molar-refractivity contribution in [3.8, 4) is 11.5 Å². The van der Waals surface area contributed by atoms with E-state index in [0.717, 1.165) is 45.2 Å². The zero-order chi connectivity index (χ0) is 18.8. The molecular formula is C22H24O4S. The smallest absolute Gasteiger partial charge is 0.135 e. The predicted octanol–water partition coefficient (Wildman–Crippen LogP) is 4.99. The Morgan fingerprint density at radius 2 is 1.89 bits per heavy atom. The highest BCUT2D eigenvalue weighted by Gasteiger charge is 2.24. The van der Waals surface area contributed by atoms with Crippen LogP contribution in [0.5, 0.6) is 11.5 Å². The van der Waals surface area contributed by atoms with Crippen LogP contribution in [0.15, 0.2) is 47.4 Å². The van der Waals surface area contributed by atoms with Crippen molar-refractivity contribution in [1.82, 2.24) is 0 Å². The lowest BCUT2D eigenvalue weighted by Crippen LogP contribution is -2.23. The second kappa shape index (κ2) is 7.97. The molecular weight excluding hydrogens is 360 g/mol. The van der Waals surface area contributed by atoms with E-state index in [1.165, 1.54) is 0 Å². The molecule has 27 heavy (non-hydrogen) atoms. The number of thioether (sulfide) groups is 1. The van der Waals surface area contributed by atoms with E-state index in [9.17, 15) is 5.11 Å². The lowest BCUT2D eigenvalue weighted by molar-refractivity contribution is 0.0114. The SMILES string of the molecule is CCC(COc1c2ccccc2c(O)c2cc(SC)ccc12)OCC1CO1. The topological polar surface area (TPSA) is 51.2 Å². The van der Waals surface area contributed by atoms with Gasteiger partial charge in [0.15, 0.2) is 0 Å². The van der Waals surface area contributed by atoms with Crippen molar-refractivity contribution in [3.05, 3.63) is 42.5 Å². The molecule has 1 saturated heterocycles. The summed E-state index contributed by atoms with van der Waals surface area (Å²) in [5, 5.41) is 14.3. The molecule has 1 aliphatic heterocycles. The molecule has 4 nitrogen and oxygen atoms in total. The Hall–Kier alpha value is -1.95. The molecule has 0 aliphatic carbocycles. The maximum Gasteiger partial charge on any atom is 0.135 e. The minimum atomic E-state index is 0.0160. The van der Waals surface area contributed by atoms with Crippen molar-refractivity contribution in [2.24, 2.45) is 0 Å². The molecule has 0 bridgehead atoms. The Labute approximate surface area is 163 Å². The van der Waals surface area contributed by atoms with Gasteiger partial charge < -0.3 is 19.3 Å². The highest BCUT2D eigenvalue weighted by Crippen LogP contribution is 2.43. The average molecular weight is 384 g/mol. The molecule has 4 rings (SSSR count). The second-order valence-corrected chi connectivity index (χ2v) is 7.64. The molecule has 1 N–H and O–H groups in total. The summed E-state index contributed by atoms with van der Waals surface area (Å²) >= 11 is 1.66. The van der Waals surface area contributed by atoms with Crippen molar-refractivity contribution >= 4 is 33.3 Å². The number of rotatable bonds is 8. The van der Waals surface area contributed by atoms with E-state index in [2.05, 4.69) is 13.0 Å². The van der Waals surface area contributed by atoms with E-state index >= 15 is 0 Å². The van der Waals surface area contributed by atoms with Crippen LogP contribution in [-0.2, 0) is 9.47 Å².